The molecule has 0 unspecified atom stereocenters. The minimum Gasteiger partial charge on any atom is -0.331 e. The molecule has 0 aliphatic rings. The highest BCUT2D eigenvalue weighted by Gasteiger charge is 2.05. The molecule has 0 aliphatic heterocycles. The molecule has 0 amide bonds. The van der Waals surface area contributed by atoms with Crippen molar-refractivity contribution in [3.63, 3.8) is 0 Å². The second-order valence-electron chi connectivity index (χ2n) is 3.31. The van der Waals surface area contributed by atoms with Gasteiger partial charge in [0, 0.05) is 11.5 Å². The Morgan fingerprint density at radius 2 is 2.00 bits per heavy atom. The molecular weight excluding hydrogens is 228 g/mol. The van der Waals surface area contributed by atoms with E-state index in [1.165, 1.54) is 11.1 Å². The van der Waals surface area contributed by atoms with E-state index in [4.69, 9.17) is 0 Å². The fourth-order valence-electron chi connectivity index (χ4n) is 1.44. The highest BCUT2D eigenvalue weighted by atomic mass is 79.9. The normalized spacial score (nSPS) is 11.1. The molecule has 0 spiro atoms. The maximum Gasteiger partial charge on any atom is 0.106 e. The Bertz CT molecular complexity index is 471. The van der Waals surface area contributed by atoms with Crippen LogP contribution in [0.2, 0.25) is 0 Å². The summed E-state index contributed by atoms with van der Waals surface area (Å²) in [5, 5.41) is 0. The summed E-state index contributed by atoms with van der Waals surface area (Å²) in [6.45, 7) is 4.11. The van der Waals surface area contributed by atoms with Gasteiger partial charge in [-0.25, -0.2) is 4.98 Å². The van der Waals surface area contributed by atoms with Gasteiger partial charge in [-0.05, 0) is 31.5 Å². The first-order valence-corrected chi connectivity index (χ1v) is 4.98. The lowest BCUT2D eigenvalue weighted by molar-refractivity contribution is 0.885. The number of imidazole rings is 1. The van der Waals surface area contributed by atoms with Crippen molar-refractivity contribution in [3.8, 4) is 0 Å². The summed E-state index contributed by atoms with van der Waals surface area (Å²) in [5.41, 5.74) is 3.49. The molecule has 13 heavy (non-hydrogen) atoms. The summed E-state index contributed by atoms with van der Waals surface area (Å²) in [4.78, 5) is 4.45. The minimum atomic E-state index is 1.05. The van der Waals surface area contributed by atoms with E-state index in [0.29, 0.717) is 0 Å². The third-order valence-electron chi connectivity index (χ3n) is 2.38. The van der Waals surface area contributed by atoms with Crippen molar-refractivity contribution in [2.75, 3.05) is 0 Å². The molecule has 2 rings (SSSR count). The first-order chi connectivity index (χ1) is 6.09. The van der Waals surface area contributed by atoms with Crippen molar-refractivity contribution in [2.45, 2.75) is 13.8 Å². The van der Waals surface area contributed by atoms with Crippen LogP contribution in [0.4, 0.5) is 0 Å². The Morgan fingerprint density at radius 1 is 1.31 bits per heavy atom. The van der Waals surface area contributed by atoms with Crippen LogP contribution in [0.1, 0.15) is 11.4 Å². The SMILES string of the molecule is Cc1cc2c(cc1Br)nc(C)n2C. The molecule has 0 saturated carbocycles. The Hall–Kier alpha value is -0.830. The molecule has 1 heterocycles. The van der Waals surface area contributed by atoms with Gasteiger partial charge in [-0.3, -0.25) is 0 Å². The first kappa shape index (κ1) is 8.75. The van der Waals surface area contributed by atoms with Gasteiger partial charge >= 0.3 is 0 Å². The highest BCUT2D eigenvalue weighted by molar-refractivity contribution is 9.10. The maximum atomic E-state index is 4.45. The van der Waals surface area contributed by atoms with E-state index in [1.54, 1.807) is 0 Å². The molecular formula is C10H11BrN2. The van der Waals surface area contributed by atoms with Crippen LogP contribution < -0.4 is 0 Å². The smallest absolute Gasteiger partial charge is 0.106 e. The predicted octanol–water partition coefficient (Wildman–Crippen LogP) is 2.95. The molecule has 0 saturated heterocycles. The predicted molar refractivity (Wildman–Crippen MR) is 57.9 cm³/mol. The van der Waals surface area contributed by atoms with Crippen molar-refractivity contribution >= 4 is 27.0 Å². The van der Waals surface area contributed by atoms with Crippen LogP contribution in [0.25, 0.3) is 11.0 Å². The number of aromatic nitrogens is 2. The first-order valence-electron chi connectivity index (χ1n) is 4.19. The molecule has 0 atom stereocenters. The molecule has 1 aromatic carbocycles. The lowest BCUT2D eigenvalue weighted by Crippen LogP contribution is -1.90. The summed E-state index contributed by atoms with van der Waals surface area (Å²) in [6.07, 6.45) is 0. The molecule has 1 aromatic heterocycles. The van der Waals surface area contributed by atoms with Gasteiger partial charge in [-0.2, -0.15) is 0 Å². The van der Waals surface area contributed by atoms with Gasteiger partial charge in [0.25, 0.3) is 0 Å². The average Bonchev–Trinajstić information content (AvgIpc) is 2.32. The third kappa shape index (κ3) is 1.27. The van der Waals surface area contributed by atoms with Crippen LogP contribution in [0, 0.1) is 13.8 Å². The Labute approximate surface area is 85.7 Å². The van der Waals surface area contributed by atoms with E-state index >= 15 is 0 Å². The largest absolute Gasteiger partial charge is 0.331 e. The number of fused-ring (bicyclic) bond motifs is 1. The number of hydrogen-bond acceptors (Lipinski definition) is 1. The van der Waals surface area contributed by atoms with E-state index in [9.17, 15) is 0 Å². The van der Waals surface area contributed by atoms with Crippen molar-refractivity contribution < 1.29 is 0 Å². The molecule has 0 aliphatic carbocycles. The molecule has 3 heteroatoms. The fourth-order valence-corrected chi connectivity index (χ4v) is 1.77. The van der Waals surface area contributed by atoms with Crippen LogP contribution in [0.15, 0.2) is 16.6 Å². The van der Waals surface area contributed by atoms with Gasteiger partial charge in [0.15, 0.2) is 0 Å². The summed E-state index contributed by atoms with van der Waals surface area (Å²) in [6, 6.07) is 4.22. The van der Waals surface area contributed by atoms with E-state index in [2.05, 4.69) is 44.5 Å². The summed E-state index contributed by atoms with van der Waals surface area (Å²) in [7, 11) is 2.04. The van der Waals surface area contributed by atoms with Gasteiger partial charge in [0.1, 0.15) is 5.82 Å². The third-order valence-corrected chi connectivity index (χ3v) is 3.24. The monoisotopic (exact) mass is 238 g/mol. The van der Waals surface area contributed by atoms with Crippen LogP contribution in [-0.4, -0.2) is 9.55 Å². The Morgan fingerprint density at radius 3 is 2.69 bits per heavy atom. The number of hydrogen-bond donors (Lipinski definition) is 0. The standard InChI is InChI=1S/C10H11BrN2/c1-6-4-10-9(5-8(6)11)12-7(2)13(10)3/h4-5H,1-3H3. The Kier molecular flexibility index (Phi) is 1.91. The van der Waals surface area contributed by atoms with Crippen molar-refractivity contribution in [2.24, 2.45) is 7.05 Å². The highest BCUT2D eigenvalue weighted by Crippen LogP contribution is 2.23. The zero-order chi connectivity index (χ0) is 9.59. The quantitative estimate of drug-likeness (QED) is 0.691. The molecule has 0 radical (unpaired) electrons. The number of nitrogens with zero attached hydrogens (tertiary/aromatic N) is 2. The zero-order valence-corrected chi connectivity index (χ0v) is 9.51. The molecule has 0 bridgehead atoms. The molecule has 68 valence electrons. The van der Waals surface area contributed by atoms with Crippen LogP contribution in [0.5, 0.6) is 0 Å². The van der Waals surface area contributed by atoms with Gasteiger partial charge < -0.3 is 4.57 Å². The lowest BCUT2D eigenvalue weighted by Gasteiger charge is -1.99. The van der Waals surface area contributed by atoms with Gasteiger partial charge in [0.2, 0.25) is 0 Å². The second kappa shape index (κ2) is 2.84. The summed E-state index contributed by atoms with van der Waals surface area (Å²) < 4.78 is 3.23. The molecule has 2 aromatic rings. The molecule has 2 nitrogen and oxygen atoms in total. The van der Waals surface area contributed by atoms with Crippen LogP contribution >= 0.6 is 15.9 Å². The average molecular weight is 239 g/mol. The second-order valence-corrected chi connectivity index (χ2v) is 4.16. The summed E-state index contributed by atoms with van der Waals surface area (Å²) >= 11 is 3.50. The number of benzene rings is 1. The van der Waals surface area contributed by atoms with E-state index in [0.717, 1.165) is 15.8 Å². The minimum absolute atomic E-state index is 1.05. The number of aryl methyl sites for hydroxylation is 3. The van der Waals surface area contributed by atoms with Gasteiger partial charge in [0.05, 0.1) is 11.0 Å². The summed E-state index contributed by atoms with van der Waals surface area (Å²) in [5.74, 6) is 1.05. The fraction of sp³-hybridized carbons (Fsp3) is 0.300. The Balaban J connectivity index is 2.89. The van der Waals surface area contributed by atoms with Crippen LogP contribution in [0.3, 0.4) is 0 Å². The van der Waals surface area contributed by atoms with Gasteiger partial charge in [-0.15, -0.1) is 0 Å². The molecule has 0 N–H and O–H groups in total. The zero-order valence-electron chi connectivity index (χ0n) is 7.93. The van der Waals surface area contributed by atoms with E-state index < -0.39 is 0 Å². The van der Waals surface area contributed by atoms with Crippen molar-refractivity contribution in [1.29, 1.82) is 0 Å². The van der Waals surface area contributed by atoms with Crippen molar-refractivity contribution in [1.82, 2.24) is 9.55 Å². The van der Waals surface area contributed by atoms with Gasteiger partial charge in [-0.1, -0.05) is 15.9 Å². The van der Waals surface area contributed by atoms with E-state index in [-0.39, 0.29) is 0 Å². The van der Waals surface area contributed by atoms with E-state index in [1.807, 2.05) is 14.0 Å². The van der Waals surface area contributed by atoms with Crippen LogP contribution in [-0.2, 0) is 7.05 Å². The maximum absolute atomic E-state index is 4.45. The van der Waals surface area contributed by atoms with Crippen molar-refractivity contribution in [3.05, 3.63) is 28.0 Å². The molecule has 0 fully saturated rings. The number of rotatable bonds is 0. The topological polar surface area (TPSA) is 17.8 Å². The number of halogens is 1. The lowest BCUT2D eigenvalue weighted by atomic mass is 10.2.